The van der Waals surface area contributed by atoms with Gasteiger partial charge in [-0.25, -0.2) is 0 Å². The number of hydrogen-bond acceptors (Lipinski definition) is 3. The Balaban J connectivity index is 2.81. The first-order valence-corrected chi connectivity index (χ1v) is 3.28. The van der Waals surface area contributed by atoms with Gasteiger partial charge >= 0.3 is 0 Å². The Morgan fingerprint density at radius 3 is 2.20 bits per heavy atom. The normalized spacial score (nSPS) is 26.1. The van der Waals surface area contributed by atoms with Crippen molar-refractivity contribution in [3.8, 4) is 0 Å². The van der Waals surface area contributed by atoms with Crippen LogP contribution < -0.4 is 0 Å². The van der Waals surface area contributed by atoms with Gasteiger partial charge in [-0.15, -0.1) is 0 Å². The van der Waals surface area contributed by atoms with Crippen molar-refractivity contribution in [3.05, 3.63) is 0 Å². The highest BCUT2D eigenvalue weighted by Gasteiger charge is 2.38. The van der Waals surface area contributed by atoms with Crippen LogP contribution in [0.3, 0.4) is 0 Å². The Hall–Kier alpha value is -0.990. The molecule has 0 heterocycles. The summed E-state index contributed by atoms with van der Waals surface area (Å²) in [5.41, 5.74) is 0. The topological polar surface area (TPSA) is 51.2 Å². The molecule has 0 amide bonds. The molecule has 1 aliphatic rings. The Labute approximate surface area is 58.4 Å². The fraction of sp³-hybridized carbons (Fsp3) is 0.571. The predicted octanol–water partition coefficient (Wildman–Crippen LogP) is 0.124. The number of hydrogen-bond donors (Lipinski definition) is 0. The lowest BCUT2D eigenvalue weighted by atomic mass is 10.0. The third kappa shape index (κ3) is 0.875. The molecule has 0 radical (unpaired) electrons. The minimum Gasteiger partial charge on any atom is -0.290 e. The summed E-state index contributed by atoms with van der Waals surface area (Å²) in [4.78, 5) is 31.9. The van der Waals surface area contributed by atoms with Crippen molar-refractivity contribution in [1.29, 1.82) is 0 Å². The van der Waals surface area contributed by atoms with E-state index in [0.717, 1.165) is 0 Å². The highest BCUT2D eigenvalue weighted by atomic mass is 16.2. The molecule has 0 bridgehead atoms. The van der Waals surface area contributed by atoms with Crippen molar-refractivity contribution in [1.82, 2.24) is 0 Å². The molecule has 1 aliphatic carbocycles. The van der Waals surface area contributed by atoms with Gasteiger partial charge in [-0.1, -0.05) is 6.92 Å². The molecule has 0 aromatic rings. The molecule has 1 unspecified atom stereocenters. The lowest BCUT2D eigenvalue weighted by molar-refractivity contribution is -0.140. The van der Waals surface area contributed by atoms with Crippen LogP contribution in [0.1, 0.15) is 19.8 Å². The van der Waals surface area contributed by atoms with E-state index in [1.54, 1.807) is 6.92 Å². The average molecular weight is 140 g/mol. The van der Waals surface area contributed by atoms with Gasteiger partial charge in [0.05, 0.1) is 0 Å². The van der Waals surface area contributed by atoms with E-state index < -0.39 is 17.3 Å². The smallest absolute Gasteiger partial charge is 0.264 e. The van der Waals surface area contributed by atoms with Crippen LogP contribution in [-0.2, 0) is 14.4 Å². The van der Waals surface area contributed by atoms with Gasteiger partial charge in [-0.2, -0.15) is 0 Å². The first-order chi connectivity index (χ1) is 4.66. The summed E-state index contributed by atoms with van der Waals surface area (Å²) >= 11 is 0. The van der Waals surface area contributed by atoms with Crippen molar-refractivity contribution in [2.45, 2.75) is 19.8 Å². The summed E-state index contributed by atoms with van der Waals surface area (Å²) in [5.74, 6) is -2.13. The van der Waals surface area contributed by atoms with Crippen molar-refractivity contribution in [3.63, 3.8) is 0 Å². The molecule has 1 rings (SSSR count). The molecule has 0 saturated heterocycles. The molecule has 0 aliphatic heterocycles. The van der Waals surface area contributed by atoms with Crippen molar-refractivity contribution >= 4 is 17.3 Å². The Kier molecular flexibility index (Phi) is 1.66. The van der Waals surface area contributed by atoms with Crippen LogP contribution in [0.5, 0.6) is 0 Å². The SMILES string of the molecule is CCC1CC(=O)C(=O)C1=O. The maximum atomic E-state index is 10.8. The van der Waals surface area contributed by atoms with Gasteiger partial charge in [0.25, 0.3) is 5.78 Å². The largest absolute Gasteiger partial charge is 0.290 e. The van der Waals surface area contributed by atoms with Crippen LogP contribution in [-0.4, -0.2) is 17.3 Å². The zero-order valence-electron chi connectivity index (χ0n) is 5.72. The second-order valence-electron chi connectivity index (χ2n) is 2.43. The average Bonchev–Trinajstić information content (AvgIpc) is 2.17. The molecule has 0 aromatic carbocycles. The number of carbonyl (C=O) groups is 3. The Morgan fingerprint density at radius 1 is 1.40 bits per heavy atom. The third-order valence-corrected chi connectivity index (χ3v) is 1.77. The standard InChI is InChI=1S/C7H8O3/c1-2-4-3-5(8)7(10)6(4)9/h4H,2-3H2,1H3. The van der Waals surface area contributed by atoms with Crippen LogP contribution in [0.4, 0.5) is 0 Å². The maximum absolute atomic E-state index is 10.8. The van der Waals surface area contributed by atoms with Gasteiger partial charge in [-0.05, 0) is 6.42 Å². The quantitative estimate of drug-likeness (QED) is 0.486. The number of rotatable bonds is 1. The van der Waals surface area contributed by atoms with E-state index in [2.05, 4.69) is 0 Å². The first kappa shape index (κ1) is 7.12. The molecule has 0 N–H and O–H groups in total. The van der Waals surface area contributed by atoms with E-state index in [-0.39, 0.29) is 12.3 Å². The summed E-state index contributed by atoms with van der Waals surface area (Å²) in [6, 6.07) is 0. The predicted molar refractivity (Wildman–Crippen MR) is 33.4 cm³/mol. The molecule has 1 fully saturated rings. The van der Waals surface area contributed by atoms with Crippen molar-refractivity contribution in [2.75, 3.05) is 0 Å². The van der Waals surface area contributed by atoms with E-state index in [1.165, 1.54) is 0 Å². The molecule has 1 atom stereocenters. The fourth-order valence-corrected chi connectivity index (χ4v) is 1.06. The minimum absolute atomic E-state index is 0.133. The van der Waals surface area contributed by atoms with Crippen LogP contribution in [0, 0.1) is 5.92 Å². The van der Waals surface area contributed by atoms with Crippen molar-refractivity contribution in [2.24, 2.45) is 5.92 Å². The number of carbonyl (C=O) groups excluding carboxylic acids is 3. The van der Waals surface area contributed by atoms with Crippen LogP contribution in [0.15, 0.2) is 0 Å². The molecular weight excluding hydrogens is 132 g/mol. The monoisotopic (exact) mass is 140 g/mol. The highest BCUT2D eigenvalue weighted by Crippen LogP contribution is 2.18. The van der Waals surface area contributed by atoms with Gasteiger partial charge in [0.1, 0.15) is 0 Å². The van der Waals surface area contributed by atoms with Crippen LogP contribution in [0.25, 0.3) is 0 Å². The molecule has 3 nitrogen and oxygen atoms in total. The molecule has 3 heteroatoms. The van der Waals surface area contributed by atoms with E-state index in [1.807, 2.05) is 0 Å². The zero-order chi connectivity index (χ0) is 7.72. The number of Topliss-reactive ketones (excluding diaryl/α,β-unsaturated/α-hetero) is 3. The number of ketones is 3. The van der Waals surface area contributed by atoms with Gasteiger partial charge in [0.15, 0.2) is 0 Å². The summed E-state index contributed by atoms with van der Waals surface area (Å²) in [6.07, 6.45) is 0.727. The summed E-state index contributed by atoms with van der Waals surface area (Å²) in [5, 5.41) is 0. The zero-order valence-corrected chi connectivity index (χ0v) is 5.72. The van der Waals surface area contributed by atoms with E-state index >= 15 is 0 Å². The molecule has 0 aromatic heterocycles. The van der Waals surface area contributed by atoms with E-state index in [0.29, 0.717) is 6.42 Å². The summed E-state index contributed by atoms with van der Waals surface area (Å²) in [6.45, 7) is 1.80. The molecule has 1 saturated carbocycles. The molecular formula is C7H8O3. The molecule has 0 spiro atoms. The lowest BCUT2D eigenvalue weighted by Gasteiger charge is -1.96. The second kappa shape index (κ2) is 2.33. The maximum Gasteiger partial charge on any atom is 0.264 e. The third-order valence-electron chi connectivity index (χ3n) is 1.77. The highest BCUT2D eigenvalue weighted by molar-refractivity contribution is 6.67. The fourth-order valence-electron chi connectivity index (χ4n) is 1.06. The van der Waals surface area contributed by atoms with E-state index in [9.17, 15) is 14.4 Å². The Morgan fingerprint density at radius 2 is 2.00 bits per heavy atom. The lowest BCUT2D eigenvalue weighted by Crippen LogP contribution is -2.15. The van der Waals surface area contributed by atoms with Crippen LogP contribution in [0.2, 0.25) is 0 Å². The van der Waals surface area contributed by atoms with E-state index in [4.69, 9.17) is 0 Å². The minimum atomic E-state index is -0.799. The van der Waals surface area contributed by atoms with Gasteiger partial charge in [0, 0.05) is 12.3 Å². The summed E-state index contributed by atoms with van der Waals surface area (Å²) in [7, 11) is 0. The van der Waals surface area contributed by atoms with Gasteiger partial charge in [0.2, 0.25) is 11.6 Å². The molecule has 10 heavy (non-hydrogen) atoms. The Bertz CT molecular complexity index is 205. The second-order valence-corrected chi connectivity index (χ2v) is 2.43. The van der Waals surface area contributed by atoms with Crippen molar-refractivity contribution < 1.29 is 14.4 Å². The van der Waals surface area contributed by atoms with Gasteiger partial charge in [-0.3, -0.25) is 14.4 Å². The van der Waals surface area contributed by atoms with Gasteiger partial charge < -0.3 is 0 Å². The first-order valence-electron chi connectivity index (χ1n) is 3.28. The summed E-state index contributed by atoms with van der Waals surface area (Å²) < 4.78 is 0. The molecule has 54 valence electrons. The van der Waals surface area contributed by atoms with Crippen LogP contribution >= 0.6 is 0 Å².